The Morgan fingerprint density at radius 2 is 1.67 bits per heavy atom. The average Bonchev–Trinajstić information content (AvgIpc) is 2.86. The average molecular weight is 361 g/mol. The zero-order valence-corrected chi connectivity index (χ0v) is 16.0. The molecule has 27 heavy (non-hydrogen) atoms. The molecule has 1 amide bonds. The van der Waals surface area contributed by atoms with Gasteiger partial charge in [0.1, 0.15) is 12.4 Å². The molecule has 140 valence electrons. The molecule has 1 saturated heterocycles. The number of hydrogen-bond donors (Lipinski definition) is 0. The molecule has 1 aromatic heterocycles. The van der Waals surface area contributed by atoms with E-state index in [1.165, 1.54) is 24.0 Å². The number of benzene rings is 2. The molecule has 0 spiro atoms. The molecule has 0 atom stereocenters. The fourth-order valence-electron chi connectivity index (χ4n) is 3.97. The van der Waals surface area contributed by atoms with Crippen LogP contribution in [0.1, 0.15) is 42.6 Å². The number of likely N-dealkylation sites (tertiary alicyclic amines) is 1. The van der Waals surface area contributed by atoms with Crippen molar-refractivity contribution in [3.05, 3.63) is 65.5 Å². The maximum atomic E-state index is 13.0. The van der Waals surface area contributed by atoms with E-state index in [9.17, 15) is 4.79 Å². The second-order valence-electron chi connectivity index (χ2n) is 7.50. The van der Waals surface area contributed by atoms with E-state index in [2.05, 4.69) is 41.8 Å². The van der Waals surface area contributed by atoms with Gasteiger partial charge in [-0.15, -0.1) is 0 Å². The van der Waals surface area contributed by atoms with Gasteiger partial charge in [-0.05, 0) is 43.0 Å². The Kier molecular flexibility index (Phi) is 5.23. The minimum atomic E-state index is 0.214. The first-order chi connectivity index (χ1) is 13.2. The van der Waals surface area contributed by atoms with Crippen LogP contribution in [0.3, 0.4) is 0 Å². The maximum absolute atomic E-state index is 13.0. The largest absolute Gasteiger partial charge is 0.341 e. The monoisotopic (exact) mass is 361 g/mol. The van der Waals surface area contributed by atoms with Gasteiger partial charge in [0.2, 0.25) is 5.91 Å². The number of aryl methyl sites for hydroxylation is 1. The highest BCUT2D eigenvalue weighted by Crippen LogP contribution is 2.21. The molecule has 2 aromatic carbocycles. The molecule has 0 unspecified atom stereocenters. The smallest absolute Gasteiger partial charge is 0.242 e. The summed E-state index contributed by atoms with van der Waals surface area (Å²) in [7, 11) is 0. The predicted octanol–water partition coefficient (Wildman–Crippen LogP) is 4.34. The van der Waals surface area contributed by atoms with E-state index in [0.29, 0.717) is 6.54 Å². The zero-order valence-electron chi connectivity index (χ0n) is 16.0. The van der Waals surface area contributed by atoms with Crippen LogP contribution in [0.25, 0.3) is 11.0 Å². The van der Waals surface area contributed by atoms with E-state index in [0.717, 1.165) is 49.2 Å². The number of imidazole rings is 1. The minimum absolute atomic E-state index is 0.214. The van der Waals surface area contributed by atoms with Gasteiger partial charge >= 0.3 is 0 Å². The van der Waals surface area contributed by atoms with E-state index in [-0.39, 0.29) is 5.91 Å². The summed E-state index contributed by atoms with van der Waals surface area (Å²) < 4.78 is 2.12. The number of para-hydroxylation sites is 2. The molecule has 1 aliphatic rings. The number of carbonyl (C=O) groups excluding carboxylic acids is 1. The van der Waals surface area contributed by atoms with Crippen LogP contribution in [-0.4, -0.2) is 33.4 Å². The Labute approximate surface area is 160 Å². The molecule has 0 bridgehead atoms. The first-order valence-corrected chi connectivity index (χ1v) is 9.99. The summed E-state index contributed by atoms with van der Waals surface area (Å²) in [4.78, 5) is 19.9. The first-order valence-electron chi connectivity index (χ1n) is 9.99. The molecule has 1 fully saturated rings. The number of carbonyl (C=O) groups is 1. The van der Waals surface area contributed by atoms with E-state index in [4.69, 9.17) is 4.98 Å². The third-order valence-electron chi connectivity index (χ3n) is 5.60. The highest BCUT2D eigenvalue weighted by molar-refractivity contribution is 5.81. The van der Waals surface area contributed by atoms with Crippen molar-refractivity contribution in [2.45, 2.75) is 45.6 Å². The fraction of sp³-hybridized carbons (Fsp3) is 0.391. The third-order valence-corrected chi connectivity index (χ3v) is 5.60. The lowest BCUT2D eigenvalue weighted by Crippen LogP contribution is -2.34. The number of amides is 1. The van der Waals surface area contributed by atoms with E-state index in [1.807, 2.05) is 23.1 Å². The Morgan fingerprint density at radius 3 is 2.44 bits per heavy atom. The van der Waals surface area contributed by atoms with Gasteiger partial charge in [0.05, 0.1) is 11.0 Å². The van der Waals surface area contributed by atoms with Crippen molar-refractivity contribution in [1.29, 1.82) is 0 Å². The molecule has 0 saturated carbocycles. The molecular weight excluding hydrogens is 334 g/mol. The summed E-state index contributed by atoms with van der Waals surface area (Å²) in [6.07, 6.45) is 5.44. The highest BCUT2D eigenvalue weighted by atomic mass is 16.2. The second-order valence-corrected chi connectivity index (χ2v) is 7.50. The number of nitrogens with zero attached hydrogens (tertiary/aromatic N) is 3. The van der Waals surface area contributed by atoms with Crippen LogP contribution in [-0.2, 0) is 17.8 Å². The summed E-state index contributed by atoms with van der Waals surface area (Å²) in [6, 6.07) is 16.5. The molecule has 2 heterocycles. The molecule has 4 rings (SSSR count). The Morgan fingerprint density at radius 1 is 0.963 bits per heavy atom. The number of fused-ring (bicyclic) bond motifs is 1. The topological polar surface area (TPSA) is 38.1 Å². The Balaban J connectivity index is 1.66. The van der Waals surface area contributed by atoms with Crippen LogP contribution in [0, 0.1) is 6.92 Å². The van der Waals surface area contributed by atoms with Crippen molar-refractivity contribution in [2.75, 3.05) is 13.1 Å². The van der Waals surface area contributed by atoms with Crippen LogP contribution >= 0.6 is 0 Å². The van der Waals surface area contributed by atoms with Crippen molar-refractivity contribution in [3.8, 4) is 0 Å². The van der Waals surface area contributed by atoms with Gasteiger partial charge in [-0.3, -0.25) is 4.79 Å². The molecule has 0 N–H and O–H groups in total. The fourth-order valence-corrected chi connectivity index (χ4v) is 3.97. The van der Waals surface area contributed by atoms with Gasteiger partial charge in [0.15, 0.2) is 0 Å². The van der Waals surface area contributed by atoms with Crippen LogP contribution in [0.5, 0.6) is 0 Å². The van der Waals surface area contributed by atoms with E-state index >= 15 is 0 Å². The lowest BCUT2D eigenvalue weighted by molar-refractivity contribution is -0.131. The summed E-state index contributed by atoms with van der Waals surface area (Å²) in [5, 5.41) is 0. The van der Waals surface area contributed by atoms with Crippen LogP contribution in [0.4, 0.5) is 0 Å². The standard InChI is InChI=1S/C23H27N3O/c1-18-10-4-5-11-19(18)16-22-24-20-12-6-7-13-21(20)26(22)17-23(27)25-14-8-2-3-9-15-25/h4-7,10-13H,2-3,8-9,14-17H2,1H3. The van der Waals surface area contributed by atoms with Crippen LogP contribution in [0.2, 0.25) is 0 Å². The normalized spacial score (nSPS) is 15.1. The molecule has 0 aliphatic carbocycles. The Bertz CT molecular complexity index is 936. The van der Waals surface area contributed by atoms with Crippen molar-refractivity contribution in [1.82, 2.24) is 14.5 Å². The van der Waals surface area contributed by atoms with Crippen molar-refractivity contribution >= 4 is 16.9 Å². The molecule has 4 heteroatoms. The minimum Gasteiger partial charge on any atom is -0.341 e. The molecular formula is C23H27N3O. The van der Waals surface area contributed by atoms with Crippen LogP contribution < -0.4 is 0 Å². The molecule has 4 nitrogen and oxygen atoms in total. The molecule has 0 radical (unpaired) electrons. The summed E-state index contributed by atoms with van der Waals surface area (Å²) in [5.74, 6) is 1.18. The van der Waals surface area contributed by atoms with Crippen molar-refractivity contribution < 1.29 is 4.79 Å². The summed E-state index contributed by atoms with van der Waals surface area (Å²) in [6.45, 7) is 4.28. The van der Waals surface area contributed by atoms with Gasteiger partial charge in [-0.2, -0.15) is 0 Å². The first kappa shape index (κ1) is 17.8. The van der Waals surface area contributed by atoms with E-state index < -0.39 is 0 Å². The van der Waals surface area contributed by atoms with Gasteiger partial charge in [0.25, 0.3) is 0 Å². The lowest BCUT2D eigenvalue weighted by Gasteiger charge is -2.21. The third kappa shape index (κ3) is 3.90. The number of hydrogen-bond acceptors (Lipinski definition) is 2. The van der Waals surface area contributed by atoms with Gasteiger partial charge in [-0.1, -0.05) is 49.2 Å². The van der Waals surface area contributed by atoms with Crippen LogP contribution in [0.15, 0.2) is 48.5 Å². The summed E-state index contributed by atoms with van der Waals surface area (Å²) in [5.41, 5.74) is 4.53. The van der Waals surface area contributed by atoms with Crippen molar-refractivity contribution in [3.63, 3.8) is 0 Å². The van der Waals surface area contributed by atoms with Gasteiger partial charge in [-0.25, -0.2) is 4.98 Å². The SMILES string of the molecule is Cc1ccccc1Cc1nc2ccccc2n1CC(=O)N1CCCCCC1. The van der Waals surface area contributed by atoms with Gasteiger partial charge < -0.3 is 9.47 Å². The second kappa shape index (κ2) is 7.95. The quantitative estimate of drug-likeness (QED) is 0.693. The van der Waals surface area contributed by atoms with Gasteiger partial charge in [0, 0.05) is 19.5 Å². The van der Waals surface area contributed by atoms with E-state index in [1.54, 1.807) is 0 Å². The lowest BCUT2D eigenvalue weighted by atomic mass is 10.1. The number of aromatic nitrogens is 2. The molecule has 3 aromatic rings. The highest BCUT2D eigenvalue weighted by Gasteiger charge is 2.19. The summed E-state index contributed by atoms with van der Waals surface area (Å²) >= 11 is 0. The Hall–Kier alpha value is -2.62. The maximum Gasteiger partial charge on any atom is 0.242 e. The zero-order chi connectivity index (χ0) is 18.6. The predicted molar refractivity (Wildman–Crippen MR) is 109 cm³/mol. The molecule has 1 aliphatic heterocycles. The number of rotatable bonds is 4. The van der Waals surface area contributed by atoms with Crippen molar-refractivity contribution in [2.24, 2.45) is 0 Å².